The smallest absolute Gasteiger partial charge is 0.230 e. The van der Waals surface area contributed by atoms with E-state index in [0.717, 1.165) is 0 Å². The van der Waals surface area contributed by atoms with E-state index in [1.165, 1.54) is 18.7 Å². The van der Waals surface area contributed by atoms with Crippen molar-refractivity contribution in [3.8, 4) is 0 Å². The number of carbonyl (C=O) groups excluding carboxylic acids is 2. The number of aromatic nitrogens is 3. The third-order valence-corrected chi connectivity index (χ3v) is 3.28. The van der Waals surface area contributed by atoms with E-state index in [9.17, 15) is 9.59 Å². The van der Waals surface area contributed by atoms with E-state index in [1.54, 1.807) is 11.6 Å². The Balaban J connectivity index is 2.26. The van der Waals surface area contributed by atoms with Crippen molar-refractivity contribution in [2.24, 2.45) is 12.8 Å². The molecule has 0 atom stereocenters. The molecule has 9 heteroatoms. The number of rotatable bonds is 7. The van der Waals surface area contributed by atoms with Crippen molar-refractivity contribution >= 4 is 23.6 Å². The maximum absolute atomic E-state index is 11.5. The van der Waals surface area contributed by atoms with Gasteiger partial charge in [0, 0.05) is 27.1 Å². The standard InChI is InChI=1S/C10H18N6O2S/c1-7(17)12-3-4-13-9(18)6-19-10-15-14-8(5-11)16(10)2/h3-6,11H2,1-2H3,(H,12,17)(H,13,18). The molecule has 0 saturated heterocycles. The second-order valence-corrected chi connectivity index (χ2v) is 4.73. The first-order chi connectivity index (χ1) is 9.04. The summed E-state index contributed by atoms with van der Waals surface area (Å²) in [4.78, 5) is 22.1. The molecule has 0 aromatic carbocycles. The summed E-state index contributed by atoms with van der Waals surface area (Å²) >= 11 is 1.29. The summed E-state index contributed by atoms with van der Waals surface area (Å²) in [5.74, 6) is 0.689. The van der Waals surface area contributed by atoms with Gasteiger partial charge in [0.2, 0.25) is 11.8 Å². The summed E-state index contributed by atoms with van der Waals surface area (Å²) in [7, 11) is 1.80. The molecular formula is C10H18N6O2S. The first kappa shape index (κ1) is 15.4. The van der Waals surface area contributed by atoms with Gasteiger partial charge in [-0.3, -0.25) is 9.59 Å². The van der Waals surface area contributed by atoms with Crippen LogP contribution in [-0.4, -0.2) is 45.4 Å². The highest BCUT2D eigenvalue weighted by Crippen LogP contribution is 2.14. The Labute approximate surface area is 115 Å². The van der Waals surface area contributed by atoms with Gasteiger partial charge in [0.15, 0.2) is 5.16 Å². The molecule has 1 aromatic rings. The molecule has 1 aromatic heterocycles. The Morgan fingerprint density at radius 1 is 1.32 bits per heavy atom. The normalized spacial score (nSPS) is 10.3. The van der Waals surface area contributed by atoms with E-state index >= 15 is 0 Å². The van der Waals surface area contributed by atoms with Gasteiger partial charge in [0.25, 0.3) is 0 Å². The lowest BCUT2D eigenvalue weighted by Crippen LogP contribution is -2.34. The molecule has 0 aliphatic rings. The van der Waals surface area contributed by atoms with Crippen molar-refractivity contribution in [1.82, 2.24) is 25.4 Å². The molecule has 8 nitrogen and oxygen atoms in total. The molecule has 4 N–H and O–H groups in total. The van der Waals surface area contributed by atoms with Crippen molar-refractivity contribution in [3.63, 3.8) is 0 Å². The first-order valence-electron chi connectivity index (χ1n) is 5.77. The molecule has 0 aliphatic carbocycles. The summed E-state index contributed by atoms with van der Waals surface area (Å²) < 4.78 is 1.76. The zero-order valence-corrected chi connectivity index (χ0v) is 11.8. The maximum atomic E-state index is 11.5. The molecular weight excluding hydrogens is 268 g/mol. The average molecular weight is 286 g/mol. The number of nitrogens with two attached hydrogens (primary N) is 1. The Bertz CT molecular complexity index is 447. The number of nitrogens with zero attached hydrogens (tertiary/aromatic N) is 3. The van der Waals surface area contributed by atoms with Crippen LogP contribution in [0.25, 0.3) is 0 Å². The van der Waals surface area contributed by atoms with Crippen LogP contribution < -0.4 is 16.4 Å². The van der Waals surface area contributed by atoms with Gasteiger partial charge < -0.3 is 20.9 Å². The van der Waals surface area contributed by atoms with Gasteiger partial charge in [-0.25, -0.2) is 0 Å². The van der Waals surface area contributed by atoms with Crippen LogP contribution in [0.4, 0.5) is 0 Å². The molecule has 0 saturated carbocycles. The average Bonchev–Trinajstić information content (AvgIpc) is 2.72. The number of carbonyl (C=O) groups is 2. The van der Waals surface area contributed by atoms with E-state index in [-0.39, 0.29) is 17.6 Å². The summed E-state index contributed by atoms with van der Waals surface area (Å²) in [6.45, 7) is 2.58. The molecule has 1 rings (SSSR count). The fourth-order valence-electron chi connectivity index (χ4n) is 1.27. The number of hydrogen-bond acceptors (Lipinski definition) is 6. The Kier molecular flexibility index (Phi) is 6.30. The minimum atomic E-state index is -0.118. The van der Waals surface area contributed by atoms with Crippen molar-refractivity contribution in [2.45, 2.75) is 18.6 Å². The van der Waals surface area contributed by atoms with Crippen molar-refractivity contribution in [2.75, 3.05) is 18.8 Å². The largest absolute Gasteiger partial charge is 0.355 e. The highest BCUT2D eigenvalue weighted by atomic mass is 32.2. The van der Waals surface area contributed by atoms with Gasteiger partial charge in [0.05, 0.1) is 12.3 Å². The fourth-order valence-corrected chi connectivity index (χ4v) is 2.03. The molecule has 106 valence electrons. The van der Waals surface area contributed by atoms with Crippen LogP contribution in [0.15, 0.2) is 5.16 Å². The van der Waals surface area contributed by atoms with Gasteiger partial charge in [-0.2, -0.15) is 0 Å². The maximum Gasteiger partial charge on any atom is 0.230 e. The molecule has 2 amide bonds. The lowest BCUT2D eigenvalue weighted by Gasteiger charge is -2.05. The van der Waals surface area contributed by atoms with Gasteiger partial charge in [-0.1, -0.05) is 11.8 Å². The van der Waals surface area contributed by atoms with Gasteiger partial charge in [0.1, 0.15) is 5.82 Å². The van der Waals surface area contributed by atoms with Crippen LogP contribution in [0.2, 0.25) is 0 Å². The van der Waals surface area contributed by atoms with E-state index in [0.29, 0.717) is 30.6 Å². The van der Waals surface area contributed by atoms with Crippen LogP contribution in [-0.2, 0) is 23.2 Å². The molecule has 0 spiro atoms. The van der Waals surface area contributed by atoms with Crippen molar-refractivity contribution in [1.29, 1.82) is 0 Å². The van der Waals surface area contributed by atoms with Crippen LogP contribution in [0.5, 0.6) is 0 Å². The van der Waals surface area contributed by atoms with Crippen molar-refractivity contribution < 1.29 is 9.59 Å². The quantitative estimate of drug-likeness (QED) is 0.420. The van der Waals surface area contributed by atoms with Crippen LogP contribution in [0.3, 0.4) is 0 Å². The number of hydrogen-bond donors (Lipinski definition) is 3. The van der Waals surface area contributed by atoms with E-state index in [1.807, 2.05) is 0 Å². The van der Waals surface area contributed by atoms with E-state index in [2.05, 4.69) is 20.8 Å². The van der Waals surface area contributed by atoms with Gasteiger partial charge in [-0.05, 0) is 0 Å². The van der Waals surface area contributed by atoms with E-state index < -0.39 is 0 Å². The second-order valence-electron chi connectivity index (χ2n) is 3.78. The third kappa shape index (κ3) is 5.26. The Morgan fingerprint density at radius 2 is 2.00 bits per heavy atom. The zero-order chi connectivity index (χ0) is 14.3. The van der Waals surface area contributed by atoms with Crippen LogP contribution in [0, 0.1) is 0 Å². The fraction of sp³-hybridized carbons (Fsp3) is 0.600. The van der Waals surface area contributed by atoms with Crippen LogP contribution in [0.1, 0.15) is 12.7 Å². The minimum absolute atomic E-state index is 0.114. The SMILES string of the molecule is CC(=O)NCCNC(=O)CSc1nnc(CN)n1C. The van der Waals surface area contributed by atoms with Gasteiger partial charge in [-0.15, -0.1) is 10.2 Å². The zero-order valence-electron chi connectivity index (χ0n) is 11.0. The highest BCUT2D eigenvalue weighted by Gasteiger charge is 2.09. The van der Waals surface area contributed by atoms with E-state index in [4.69, 9.17) is 5.73 Å². The molecule has 0 unspecified atom stereocenters. The summed E-state index contributed by atoms with van der Waals surface area (Å²) in [5, 5.41) is 13.8. The first-order valence-corrected chi connectivity index (χ1v) is 6.75. The Morgan fingerprint density at radius 3 is 2.58 bits per heavy atom. The lowest BCUT2D eigenvalue weighted by molar-refractivity contribution is -0.120. The predicted molar refractivity (Wildman–Crippen MR) is 71.3 cm³/mol. The lowest BCUT2D eigenvalue weighted by atomic mass is 10.5. The molecule has 0 aliphatic heterocycles. The summed E-state index contributed by atoms with van der Waals surface area (Å²) in [6, 6.07) is 0. The number of nitrogens with one attached hydrogen (secondary N) is 2. The minimum Gasteiger partial charge on any atom is -0.355 e. The molecule has 0 bridgehead atoms. The Hall–Kier alpha value is -1.61. The molecule has 19 heavy (non-hydrogen) atoms. The highest BCUT2D eigenvalue weighted by molar-refractivity contribution is 7.99. The third-order valence-electron chi connectivity index (χ3n) is 2.26. The summed E-state index contributed by atoms with van der Waals surface area (Å²) in [5.41, 5.74) is 5.48. The monoisotopic (exact) mass is 286 g/mol. The molecule has 0 radical (unpaired) electrons. The van der Waals surface area contributed by atoms with Crippen molar-refractivity contribution in [3.05, 3.63) is 5.82 Å². The molecule has 0 fully saturated rings. The number of amides is 2. The second kappa shape index (κ2) is 7.74. The molecule has 1 heterocycles. The topological polar surface area (TPSA) is 115 Å². The number of thioether (sulfide) groups is 1. The van der Waals surface area contributed by atoms with Crippen LogP contribution >= 0.6 is 11.8 Å². The summed E-state index contributed by atoms with van der Waals surface area (Å²) in [6.07, 6.45) is 0. The van der Waals surface area contributed by atoms with Gasteiger partial charge >= 0.3 is 0 Å². The predicted octanol–water partition coefficient (Wildman–Crippen LogP) is -1.38.